The number of hydrogen-bond donors (Lipinski definition) is 1. The minimum absolute atomic E-state index is 0.213. The summed E-state index contributed by atoms with van der Waals surface area (Å²) in [5.74, 6) is 0. The van der Waals surface area contributed by atoms with E-state index < -0.39 is 5.63 Å². The van der Waals surface area contributed by atoms with Crippen molar-refractivity contribution < 1.29 is 4.42 Å². The van der Waals surface area contributed by atoms with E-state index >= 15 is 0 Å². The van der Waals surface area contributed by atoms with Gasteiger partial charge in [-0.25, -0.2) is 4.79 Å². The highest BCUT2D eigenvalue weighted by Crippen LogP contribution is 2.23. The molecular formula is C16H10BrClN2O2. The Balaban J connectivity index is 1.91. The fourth-order valence-electron chi connectivity index (χ4n) is 1.93. The Bertz CT molecular complexity index is 904. The van der Waals surface area contributed by atoms with Crippen molar-refractivity contribution in [2.24, 2.45) is 5.10 Å². The summed E-state index contributed by atoms with van der Waals surface area (Å²) in [5.41, 5.74) is 3.77. The Morgan fingerprint density at radius 1 is 1.14 bits per heavy atom. The van der Waals surface area contributed by atoms with Gasteiger partial charge in [0, 0.05) is 9.86 Å². The van der Waals surface area contributed by atoms with Crippen LogP contribution in [0.3, 0.4) is 0 Å². The molecule has 4 nitrogen and oxygen atoms in total. The summed E-state index contributed by atoms with van der Waals surface area (Å²) in [5, 5.41) is 5.04. The Hall–Kier alpha value is -2.11. The van der Waals surface area contributed by atoms with Crippen molar-refractivity contribution in [2.75, 3.05) is 5.43 Å². The Labute approximate surface area is 139 Å². The molecule has 0 spiro atoms. The van der Waals surface area contributed by atoms with Crippen molar-refractivity contribution in [3.63, 3.8) is 0 Å². The largest absolute Gasteiger partial charge is 0.422 e. The van der Waals surface area contributed by atoms with Crippen LogP contribution in [0.2, 0.25) is 5.02 Å². The second-order valence-corrected chi connectivity index (χ2v) is 5.78. The van der Waals surface area contributed by atoms with Gasteiger partial charge in [0.05, 0.1) is 22.5 Å². The maximum absolute atomic E-state index is 12.0. The number of halogens is 2. The van der Waals surface area contributed by atoms with Gasteiger partial charge in [-0.2, -0.15) is 5.10 Å². The van der Waals surface area contributed by atoms with Crippen LogP contribution in [0.5, 0.6) is 0 Å². The molecule has 0 aliphatic heterocycles. The molecule has 6 heteroatoms. The van der Waals surface area contributed by atoms with E-state index in [1.165, 1.54) is 6.21 Å². The van der Waals surface area contributed by atoms with E-state index in [9.17, 15) is 4.79 Å². The predicted molar refractivity (Wildman–Crippen MR) is 92.9 cm³/mol. The molecule has 0 amide bonds. The molecular weight excluding hydrogens is 368 g/mol. The molecule has 3 aromatic rings. The standard InChI is InChI=1S/C16H10BrClN2O2/c17-10-5-7-11(8-6-10)20-19-9-13-15(18)12-3-1-2-4-14(12)22-16(13)21/h1-9,20H/b19-9+. The van der Waals surface area contributed by atoms with Gasteiger partial charge in [-0.3, -0.25) is 5.43 Å². The zero-order valence-electron chi connectivity index (χ0n) is 11.2. The number of rotatable bonds is 3. The lowest BCUT2D eigenvalue weighted by atomic mass is 10.2. The smallest absolute Gasteiger partial charge is 0.346 e. The number of benzene rings is 2. The van der Waals surface area contributed by atoms with Crippen molar-refractivity contribution in [1.29, 1.82) is 0 Å². The molecule has 1 N–H and O–H groups in total. The fourth-order valence-corrected chi connectivity index (χ4v) is 2.48. The van der Waals surface area contributed by atoms with Crippen LogP contribution in [0, 0.1) is 0 Å². The van der Waals surface area contributed by atoms with Gasteiger partial charge in [-0.15, -0.1) is 0 Å². The number of fused-ring (bicyclic) bond motifs is 1. The SMILES string of the molecule is O=c1oc2ccccc2c(Cl)c1/C=N/Nc1ccc(Br)cc1. The normalized spacial score (nSPS) is 11.2. The van der Waals surface area contributed by atoms with Gasteiger partial charge in [0.25, 0.3) is 0 Å². The maximum Gasteiger partial charge on any atom is 0.346 e. The molecule has 22 heavy (non-hydrogen) atoms. The molecule has 0 saturated carbocycles. The molecule has 0 aliphatic rings. The lowest BCUT2D eigenvalue weighted by molar-refractivity contribution is 0.560. The van der Waals surface area contributed by atoms with Crippen LogP contribution in [0.15, 0.2) is 67.3 Å². The van der Waals surface area contributed by atoms with Gasteiger partial charge in [0.1, 0.15) is 5.58 Å². The third kappa shape index (κ3) is 3.05. The highest BCUT2D eigenvalue weighted by atomic mass is 79.9. The molecule has 3 rings (SSSR count). The Morgan fingerprint density at radius 2 is 1.86 bits per heavy atom. The second-order valence-electron chi connectivity index (χ2n) is 4.49. The van der Waals surface area contributed by atoms with Crippen LogP contribution in [0.4, 0.5) is 5.69 Å². The van der Waals surface area contributed by atoms with E-state index in [1.807, 2.05) is 30.3 Å². The van der Waals surface area contributed by atoms with Crippen molar-refractivity contribution in [3.05, 3.63) is 74.0 Å². The molecule has 0 unspecified atom stereocenters. The molecule has 0 saturated heterocycles. The average Bonchev–Trinajstić information content (AvgIpc) is 2.52. The van der Waals surface area contributed by atoms with Crippen molar-refractivity contribution >= 4 is 50.4 Å². The third-order valence-corrected chi connectivity index (χ3v) is 3.95. The summed E-state index contributed by atoms with van der Waals surface area (Å²) in [4.78, 5) is 12.0. The van der Waals surface area contributed by atoms with Crippen LogP contribution >= 0.6 is 27.5 Å². The van der Waals surface area contributed by atoms with Gasteiger partial charge in [0.15, 0.2) is 0 Å². The molecule has 0 radical (unpaired) electrons. The summed E-state index contributed by atoms with van der Waals surface area (Å²) >= 11 is 9.62. The second kappa shape index (κ2) is 6.34. The van der Waals surface area contributed by atoms with Gasteiger partial charge < -0.3 is 4.42 Å². The molecule has 1 heterocycles. The summed E-state index contributed by atoms with van der Waals surface area (Å²) in [6.45, 7) is 0. The maximum atomic E-state index is 12.0. The van der Waals surface area contributed by atoms with Gasteiger partial charge in [-0.05, 0) is 36.4 Å². The molecule has 0 bridgehead atoms. The molecule has 0 aliphatic carbocycles. The molecule has 0 fully saturated rings. The first kappa shape index (κ1) is 14.8. The summed E-state index contributed by atoms with van der Waals surface area (Å²) in [6, 6.07) is 14.6. The van der Waals surface area contributed by atoms with Crippen LogP contribution < -0.4 is 11.1 Å². The van der Waals surface area contributed by atoms with Crippen LogP contribution in [-0.2, 0) is 0 Å². The summed E-state index contributed by atoms with van der Waals surface area (Å²) in [6.07, 6.45) is 1.36. The van der Waals surface area contributed by atoms with E-state index in [0.717, 1.165) is 10.2 Å². The predicted octanol–water partition coefficient (Wildman–Crippen LogP) is 4.65. The lowest BCUT2D eigenvalue weighted by Gasteiger charge is -2.02. The van der Waals surface area contributed by atoms with Crippen LogP contribution in [-0.4, -0.2) is 6.21 Å². The molecule has 1 aromatic heterocycles. The van der Waals surface area contributed by atoms with Crippen LogP contribution in [0.1, 0.15) is 5.56 Å². The minimum atomic E-state index is -0.523. The average molecular weight is 378 g/mol. The highest BCUT2D eigenvalue weighted by molar-refractivity contribution is 9.10. The zero-order chi connectivity index (χ0) is 15.5. The number of anilines is 1. The first-order chi connectivity index (χ1) is 10.6. The zero-order valence-corrected chi connectivity index (χ0v) is 13.6. The first-order valence-electron chi connectivity index (χ1n) is 6.41. The van der Waals surface area contributed by atoms with Gasteiger partial charge >= 0.3 is 5.63 Å². The van der Waals surface area contributed by atoms with Crippen molar-refractivity contribution in [3.8, 4) is 0 Å². The summed E-state index contributed by atoms with van der Waals surface area (Å²) < 4.78 is 6.20. The lowest BCUT2D eigenvalue weighted by Crippen LogP contribution is -2.08. The van der Waals surface area contributed by atoms with Crippen molar-refractivity contribution in [2.45, 2.75) is 0 Å². The summed E-state index contributed by atoms with van der Waals surface area (Å²) in [7, 11) is 0. The quantitative estimate of drug-likeness (QED) is 0.410. The van der Waals surface area contributed by atoms with Crippen LogP contribution in [0.25, 0.3) is 11.0 Å². The van der Waals surface area contributed by atoms with E-state index in [1.54, 1.807) is 18.2 Å². The first-order valence-corrected chi connectivity index (χ1v) is 7.58. The third-order valence-electron chi connectivity index (χ3n) is 3.01. The molecule has 2 aromatic carbocycles. The number of para-hydroxylation sites is 1. The van der Waals surface area contributed by atoms with Gasteiger partial charge in [0.2, 0.25) is 0 Å². The minimum Gasteiger partial charge on any atom is -0.422 e. The van der Waals surface area contributed by atoms with Crippen molar-refractivity contribution in [1.82, 2.24) is 0 Å². The highest BCUT2D eigenvalue weighted by Gasteiger charge is 2.10. The number of nitrogens with zero attached hydrogens (tertiary/aromatic N) is 1. The molecule has 0 atom stereocenters. The number of nitrogens with one attached hydrogen (secondary N) is 1. The number of hydrazone groups is 1. The molecule has 110 valence electrons. The monoisotopic (exact) mass is 376 g/mol. The fraction of sp³-hybridized carbons (Fsp3) is 0. The Morgan fingerprint density at radius 3 is 2.64 bits per heavy atom. The van der Waals surface area contributed by atoms with E-state index in [-0.39, 0.29) is 5.56 Å². The van der Waals surface area contributed by atoms with E-state index in [0.29, 0.717) is 16.0 Å². The Kier molecular flexibility index (Phi) is 4.27. The van der Waals surface area contributed by atoms with E-state index in [4.69, 9.17) is 16.0 Å². The number of hydrogen-bond acceptors (Lipinski definition) is 4. The van der Waals surface area contributed by atoms with E-state index in [2.05, 4.69) is 26.5 Å². The topological polar surface area (TPSA) is 54.6 Å². The van der Waals surface area contributed by atoms with Gasteiger partial charge in [-0.1, -0.05) is 39.7 Å².